The Morgan fingerprint density at radius 2 is 2.09 bits per heavy atom. The molecule has 1 spiro atoms. The summed E-state index contributed by atoms with van der Waals surface area (Å²) in [6, 6.07) is 8.58. The van der Waals surface area contributed by atoms with Crippen molar-refractivity contribution in [2.45, 2.75) is 39.2 Å². The largest absolute Gasteiger partial charge is 0.372 e. The maximum Gasteiger partial charge on any atom is 0.228 e. The number of piperidine rings is 1. The van der Waals surface area contributed by atoms with Crippen LogP contribution in [0.15, 0.2) is 24.3 Å². The molecule has 120 valence electrons. The van der Waals surface area contributed by atoms with Gasteiger partial charge < -0.3 is 15.5 Å². The lowest BCUT2D eigenvalue weighted by atomic mass is 9.92. The number of rotatable bonds is 4. The average molecular weight is 301 g/mol. The van der Waals surface area contributed by atoms with Crippen LogP contribution in [0.25, 0.3) is 0 Å². The molecule has 4 nitrogen and oxygen atoms in total. The van der Waals surface area contributed by atoms with Gasteiger partial charge in [-0.3, -0.25) is 4.79 Å². The molecule has 1 aliphatic carbocycles. The van der Waals surface area contributed by atoms with Crippen LogP contribution < -0.4 is 15.5 Å². The van der Waals surface area contributed by atoms with Gasteiger partial charge in [0.05, 0.1) is 0 Å². The van der Waals surface area contributed by atoms with Crippen molar-refractivity contribution >= 4 is 17.3 Å². The predicted molar refractivity (Wildman–Crippen MR) is 91.3 cm³/mol. The Labute approximate surface area is 133 Å². The first kappa shape index (κ1) is 15.3. The van der Waals surface area contributed by atoms with E-state index in [1.807, 2.05) is 12.1 Å². The van der Waals surface area contributed by atoms with E-state index >= 15 is 0 Å². The number of carbonyl (C=O) groups excluding carboxylic acids is 1. The lowest BCUT2D eigenvalue weighted by Crippen LogP contribution is -2.31. The van der Waals surface area contributed by atoms with Crippen molar-refractivity contribution < 1.29 is 4.79 Å². The van der Waals surface area contributed by atoms with Crippen LogP contribution in [0, 0.1) is 11.3 Å². The van der Waals surface area contributed by atoms with Gasteiger partial charge in [0.15, 0.2) is 0 Å². The highest BCUT2D eigenvalue weighted by molar-refractivity contribution is 5.95. The molecule has 1 aromatic carbocycles. The van der Waals surface area contributed by atoms with Gasteiger partial charge in [-0.1, -0.05) is 6.07 Å². The molecule has 1 aliphatic heterocycles. The van der Waals surface area contributed by atoms with Crippen molar-refractivity contribution in [2.24, 2.45) is 11.3 Å². The maximum absolute atomic E-state index is 12.5. The molecule has 2 fully saturated rings. The quantitative estimate of drug-likeness (QED) is 0.899. The van der Waals surface area contributed by atoms with Crippen molar-refractivity contribution in [3.8, 4) is 0 Å². The number of amides is 1. The number of nitrogens with zero attached hydrogens (tertiary/aromatic N) is 1. The molecule has 1 atom stereocenters. The molecular formula is C18H27N3O. The minimum Gasteiger partial charge on any atom is -0.372 e. The van der Waals surface area contributed by atoms with E-state index in [4.69, 9.17) is 0 Å². The third-order valence-corrected chi connectivity index (χ3v) is 5.40. The Balaban J connectivity index is 1.64. The van der Waals surface area contributed by atoms with E-state index in [9.17, 15) is 4.79 Å². The van der Waals surface area contributed by atoms with Gasteiger partial charge in [0.25, 0.3) is 0 Å². The van der Waals surface area contributed by atoms with Gasteiger partial charge in [0, 0.05) is 30.4 Å². The fourth-order valence-electron chi connectivity index (χ4n) is 3.53. The lowest BCUT2D eigenvalue weighted by molar-refractivity contribution is -0.118. The van der Waals surface area contributed by atoms with Gasteiger partial charge >= 0.3 is 0 Å². The zero-order valence-electron chi connectivity index (χ0n) is 13.9. The maximum atomic E-state index is 12.5. The SMILES string of the molecule is CC(C)N(C)c1cccc(NC(=O)C2CC23CCNCC3)c1. The van der Waals surface area contributed by atoms with Crippen LogP contribution in [0.1, 0.15) is 33.1 Å². The van der Waals surface area contributed by atoms with Gasteiger partial charge in [-0.2, -0.15) is 0 Å². The molecule has 1 aromatic rings. The molecule has 1 unspecified atom stereocenters. The first-order valence-corrected chi connectivity index (χ1v) is 8.36. The molecule has 1 saturated carbocycles. The summed E-state index contributed by atoms with van der Waals surface area (Å²) in [4.78, 5) is 14.7. The Kier molecular flexibility index (Phi) is 4.13. The number of hydrogen-bond donors (Lipinski definition) is 2. The highest BCUT2D eigenvalue weighted by Crippen LogP contribution is 2.58. The van der Waals surface area contributed by atoms with Gasteiger partial charge in [0.1, 0.15) is 0 Å². The van der Waals surface area contributed by atoms with Crippen LogP contribution in [0.4, 0.5) is 11.4 Å². The zero-order chi connectivity index (χ0) is 15.7. The van der Waals surface area contributed by atoms with Crippen molar-refractivity contribution in [1.82, 2.24) is 5.32 Å². The Bertz CT molecular complexity index is 549. The molecule has 0 bridgehead atoms. The minimum atomic E-state index is 0.200. The second-order valence-electron chi connectivity index (χ2n) is 7.11. The number of carbonyl (C=O) groups is 1. The molecule has 4 heteroatoms. The Morgan fingerprint density at radius 3 is 2.77 bits per heavy atom. The number of anilines is 2. The zero-order valence-corrected chi connectivity index (χ0v) is 13.9. The molecule has 3 rings (SSSR count). The molecule has 22 heavy (non-hydrogen) atoms. The third kappa shape index (κ3) is 2.98. The first-order valence-electron chi connectivity index (χ1n) is 8.36. The predicted octanol–water partition coefficient (Wildman–Crippen LogP) is 2.86. The van der Waals surface area contributed by atoms with Gasteiger partial charge in [-0.25, -0.2) is 0 Å². The van der Waals surface area contributed by atoms with E-state index < -0.39 is 0 Å². The van der Waals surface area contributed by atoms with Crippen molar-refractivity contribution in [3.63, 3.8) is 0 Å². The average Bonchev–Trinajstić information content (AvgIpc) is 3.20. The highest BCUT2D eigenvalue weighted by atomic mass is 16.2. The van der Waals surface area contributed by atoms with E-state index in [0.717, 1.165) is 43.7 Å². The van der Waals surface area contributed by atoms with E-state index in [2.05, 4.69) is 48.6 Å². The van der Waals surface area contributed by atoms with Crippen LogP contribution in [-0.2, 0) is 4.79 Å². The molecule has 2 aliphatic rings. The summed E-state index contributed by atoms with van der Waals surface area (Å²) in [7, 11) is 2.08. The van der Waals surface area contributed by atoms with Gasteiger partial charge in [0.2, 0.25) is 5.91 Å². The second-order valence-corrected chi connectivity index (χ2v) is 7.11. The third-order valence-electron chi connectivity index (χ3n) is 5.40. The van der Waals surface area contributed by atoms with Crippen LogP contribution in [0.2, 0.25) is 0 Å². The van der Waals surface area contributed by atoms with Gasteiger partial charge in [-0.05, 0) is 69.8 Å². The summed E-state index contributed by atoms with van der Waals surface area (Å²) >= 11 is 0. The number of nitrogens with one attached hydrogen (secondary N) is 2. The topological polar surface area (TPSA) is 44.4 Å². The monoisotopic (exact) mass is 301 g/mol. The molecule has 0 aromatic heterocycles. The Morgan fingerprint density at radius 1 is 1.36 bits per heavy atom. The van der Waals surface area contributed by atoms with Crippen molar-refractivity contribution in [2.75, 3.05) is 30.4 Å². The van der Waals surface area contributed by atoms with Crippen molar-refractivity contribution in [3.05, 3.63) is 24.3 Å². The van der Waals surface area contributed by atoms with E-state index in [1.165, 1.54) is 0 Å². The van der Waals surface area contributed by atoms with Crippen LogP contribution in [0.5, 0.6) is 0 Å². The van der Waals surface area contributed by atoms with Crippen LogP contribution in [0.3, 0.4) is 0 Å². The summed E-state index contributed by atoms with van der Waals surface area (Å²) in [6.45, 7) is 6.43. The van der Waals surface area contributed by atoms with E-state index in [0.29, 0.717) is 11.5 Å². The second kappa shape index (κ2) is 5.92. The van der Waals surface area contributed by atoms with E-state index in [-0.39, 0.29) is 11.8 Å². The summed E-state index contributed by atoms with van der Waals surface area (Å²) in [5.41, 5.74) is 2.34. The molecule has 2 N–H and O–H groups in total. The summed E-state index contributed by atoms with van der Waals surface area (Å²) in [6.07, 6.45) is 3.34. The smallest absolute Gasteiger partial charge is 0.228 e. The standard InChI is InChI=1S/C18H27N3O/c1-13(2)21(3)15-6-4-5-14(11-15)20-17(22)16-12-18(16)7-9-19-10-8-18/h4-6,11,13,16,19H,7-10,12H2,1-3H3,(H,20,22). The minimum absolute atomic E-state index is 0.200. The number of benzene rings is 1. The lowest BCUT2D eigenvalue weighted by Gasteiger charge is -2.24. The normalized spacial score (nSPS) is 22.6. The van der Waals surface area contributed by atoms with Gasteiger partial charge in [-0.15, -0.1) is 0 Å². The highest BCUT2D eigenvalue weighted by Gasteiger charge is 2.57. The summed E-state index contributed by atoms with van der Waals surface area (Å²) in [5.74, 6) is 0.410. The number of hydrogen-bond acceptors (Lipinski definition) is 3. The molecule has 0 radical (unpaired) electrons. The molecule has 1 saturated heterocycles. The molecule has 1 amide bonds. The summed E-state index contributed by atoms with van der Waals surface area (Å²) < 4.78 is 0. The fourth-order valence-corrected chi connectivity index (χ4v) is 3.53. The fraction of sp³-hybridized carbons (Fsp3) is 0.611. The van der Waals surface area contributed by atoms with Crippen LogP contribution >= 0.6 is 0 Å². The summed E-state index contributed by atoms with van der Waals surface area (Å²) in [5, 5.41) is 6.51. The van der Waals surface area contributed by atoms with Crippen LogP contribution in [-0.4, -0.2) is 32.1 Å². The van der Waals surface area contributed by atoms with E-state index in [1.54, 1.807) is 0 Å². The van der Waals surface area contributed by atoms with Crippen molar-refractivity contribution in [1.29, 1.82) is 0 Å². The Hall–Kier alpha value is -1.55. The first-order chi connectivity index (χ1) is 10.5. The molecular weight excluding hydrogens is 274 g/mol. The molecule has 1 heterocycles.